The highest BCUT2D eigenvalue weighted by atomic mass is 16.5. The number of hydrogen-bond acceptors (Lipinski definition) is 5. The Hall–Kier alpha value is -4.46. The van der Waals surface area contributed by atoms with Gasteiger partial charge in [-0.2, -0.15) is 0 Å². The van der Waals surface area contributed by atoms with E-state index in [-0.39, 0.29) is 19.1 Å². The maximum atomic E-state index is 13.1. The van der Waals surface area contributed by atoms with E-state index in [0.29, 0.717) is 23.2 Å². The number of esters is 1. The van der Waals surface area contributed by atoms with E-state index in [9.17, 15) is 9.59 Å². The van der Waals surface area contributed by atoms with Gasteiger partial charge in [-0.05, 0) is 58.0 Å². The maximum Gasteiger partial charge on any atom is 0.340 e. The number of furan rings is 1. The molecule has 2 aromatic carbocycles. The standard InChI is InChI=1S/C29H29N3O5/c1-5-35-29(34)27-20(4)31(16-21-9-8-14-36-21)28-23-11-7-6-10-22(23)25(15-24(27)28)37-17-26(33)30-32-18(2)12-13-19(32)3/h6-15H,5,16-17H2,1-4H3,(H,30,33). The van der Waals surface area contributed by atoms with Crippen LogP contribution in [0.15, 0.2) is 65.3 Å². The number of benzene rings is 2. The topological polar surface area (TPSA) is 87.6 Å². The number of nitrogens with zero attached hydrogens (tertiary/aromatic N) is 2. The van der Waals surface area contributed by atoms with Crippen molar-refractivity contribution in [3.05, 3.63) is 89.3 Å². The Morgan fingerprint density at radius 1 is 0.946 bits per heavy atom. The van der Waals surface area contributed by atoms with Crippen molar-refractivity contribution in [1.29, 1.82) is 0 Å². The zero-order valence-corrected chi connectivity index (χ0v) is 21.3. The predicted octanol–water partition coefficient (Wildman–Crippen LogP) is 5.49. The molecule has 8 heteroatoms. The molecule has 0 unspecified atom stereocenters. The minimum atomic E-state index is -0.402. The van der Waals surface area contributed by atoms with Gasteiger partial charge in [-0.15, -0.1) is 0 Å². The maximum absolute atomic E-state index is 13.1. The van der Waals surface area contributed by atoms with Crippen molar-refractivity contribution in [1.82, 2.24) is 9.24 Å². The van der Waals surface area contributed by atoms with E-state index in [0.717, 1.165) is 39.1 Å². The Labute approximate surface area is 214 Å². The van der Waals surface area contributed by atoms with Crippen molar-refractivity contribution >= 4 is 33.6 Å². The second kappa shape index (κ2) is 9.89. The van der Waals surface area contributed by atoms with Gasteiger partial charge >= 0.3 is 5.97 Å². The van der Waals surface area contributed by atoms with E-state index in [1.807, 2.05) is 75.4 Å². The summed E-state index contributed by atoms with van der Waals surface area (Å²) >= 11 is 0. The molecule has 5 aromatic rings. The van der Waals surface area contributed by atoms with Crippen LogP contribution in [0.1, 0.15) is 40.1 Å². The van der Waals surface area contributed by atoms with Crippen LogP contribution in [0.3, 0.4) is 0 Å². The minimum Gasteiger partial charge on any atom is -0.483 e. The van der Waals surface area contributed by atoms with Gasteiger partial charge in [-0.1, -0.05) is 24.3 Å². The first kappa shape index (κ1) is 24.2. The number of aromatic nitrogens is 2. The van der Waals surface area contributed by atoms with Crippen LogP contribution in [0.5, 0.6) is 5.75 Å². The molecule has 1 N–H and O–H groups in total. The van der Waals surface area contributed by atoms with E-state index in [1.165, 1.54) is 0 Å². The number of fused-ring (bicyclic) bond motifs is 3. The second-order valence-electron chi connectivity index (χ2n) is 8.94. The summed E-state index contributed by atoms with van der Waals surface area (Å²) in [5.74, 6) is 0.594. The van der Waals surface area contributed by atoms with Crippen LogP contribution < -0.4 is 10.2 Å². The van der Waals surface area contributed by atoms with Gasteiger partial charge in [0.2, 0.25) is 0 Å². The number of aryl methyl sites for hydroxylation is 2. The average Bonchev–Trinajstić information content (AvgIpc) is 3.58. The van der Waals surface area contributed by atoms with Crippen molar-refractivity contribution in [3.8, 4) is 5.75 Å². The van der Waals surface area contributed by atoms with Crippen molar-refractivity contribution in [2.24, 2.45) is 0 Å². The highest BCUT2D eigenvalue weighted by Crippen LogP contribution is 2.38. The number of ether oxygens (including phenoxy) is 2. The molecule has 5 rings (SSSR count). The van der Waals surface area contributed by atoms with Crippen molar-refractivity contribution in [2.45, 2.75) is 34.2 Å². The lowest BCUT2D eigenvalue weighted by Gasteiger charge is -2.14. The molecule has 0 aliphatic rings. The third-order valence-electron chi connectivity index (χ3n) is 6.52. The van der Waals surface area contributed by atoms with Crippen LogP contribution in [0, 0.1) is 20.8 Å². The third-order valence-corrected chi connectivity index (χ3v) is 6.52. The number of carbonyl (C=O) groups excluding carboxylic acids is 2. The number of amides is 1. The normalized spacial score (nSPS) is 11.2. The van der Waals surface area contributed by atoms with Crippen LogP contribution in [-0.2, 0) is 16.1 Å². The number of rotatable bonds is 8. The summed E-state index contributed by atoms with van der Waals surface area (Å²) in [5.41, 5.74) is 6.82. The summed E-state index contributed by atoms with van der Waals surface area (Å²) in [5, 5.41) is 2.44. The Balaban J connectivity index is 1.59. The van der Waals surface area contributed by atoms with E-state index < -0.39 is 5.97 Å². The number of carbonyl (C=O) groups is 2. The van der Waals surface area contributed by atoms with Crippen molar-refractivity contribution in [2.75, 3.05) is 18.6 Å². The summed E-state index contributed by atoms with van der Waals surface area (Å²) in [6, 6.07) is 17.3. The molecule has 3 heterocycles. The first-order valence-corrected chi connectivity index (χ1v) is 12.2. The molecule has 190 valence electrons. The Morgan fingerprint density at radius 3 is 2.35 bits per heavy atom. The summed E-state index contributed by atoms with van der Waals surface area (Å²) in [6.07, 6.45) is 1.63. The van der Waals surface area contributed by atoms with Crippen LogP contribution in [0.2, 0.25) is 0 Å². The highest BCUT2D eigenvalue weighted by Gasteiger charge is 2.25. The van der Waals surface area contributed by atoms with E-state index in [4.69, 9.17) is 13.9 Å². The number of hydrogen-bond donors (Lipinski definition) is 1. The lowest BCUT2D eigenvalue weighted by atomic mass is 10.0. The molecule has 0 radical (unpaired) electrons. The number of nitrogens with one attached hydrogen (secondary N) is 1. The smallest absolute Gasteiger partial charge is 0.340 e. The highest BCUT2D eigenvalue weighted by molar-refractivity contribution is 6.16. The molecule has 0 bridgehead atoms. The molecule has 0 spiro atoms. The third kappa shape index (κ3) is 4.46. The Bertz CT molecular complexity index is 1590. The quantitative estimate of drug-likeness (QED) is 0.285. The van der Waals surface area contributed by atoms with Gasteiger partial charge in [0.15, 0.2) is 6.61 Å². The van der Waals surface area contributed by atoms with E-state index in [2.05, 4.69) is 9.99 Å². The zero-order chi connectivity index (χ0) is 26.1. The predicted molar refractivity (Wildman–Crippen MR) is 142 cm³/mol. The molecule has 3 aromatic heterocycles. The Morgan fingerprint density at radius 2 is 1.68 bits per heavy atom. The van der Waals surface area contributed by atoms with Gasteiger partial charge in [-0.25, -0.2) is 4.79 Å². The fraction of sp³-hybridized carbons (Fsp3) is 0.241. The summed E-state index contributed by atoms with van der Waals surface area (Å²) < 4.78 is 20.9. The molecular formula is C29H29N3O5. The van der Waals surface area contributed by atoms with Crippen molar-refractivity contribution < 1.29 is 23.5 Å². The summed E-state index contributed by atoms with van der Waals surface area (Å²) in [7, 11) is 0. The monoisotopic (exact) mass is 499 g/mol. The van der Waals surface area contributed by atoms with Gasteiger partial charge in [-0.3, -0.25) is 14.9 Å². The molecule has 1 amide bonds. The van der Waals surface area contributed by atoms with Crippen LogP contribution in [0.25, 0.3) is 21.7 Å². The van der Waals surface area contributed by atoms with Gasteiger partial charge < -0.3 is 18.5 Å². The lowest BCUT2D eigenvalue weighted by Crippen LogP contribution is -2.29. The summed E-state index contributed by atoms with van der Waals surface area (Å²) in [6.45, 7) is 8.05. The van der Waals surface area contributed by atoms with Crippen LogP contribution in [0.4, 0.5) is 0 Å². The molecule has 0 aliphatic heterocycles. The van der Waals surface area contributed by atoms with E-state index >= 15 is 0 Å². The molecule has 0 saturated heterocycles. The molecule has 0 atom stereocenters. The van der Waals surface area contributed by atoms with Gasteiger partial charge in [0, 0.05) is 33.2 Å². The first-order chi connectivity index (χ1) is 17.9. The van der Waals surface area contributed by atoms with E-state index in [1.54, 1.807) is 17.9 Å². The summed E-state index contributed by atoms with van der Waals surface area (Å²) in [4.78, 5) is 25.8. The van der Waals surface area contributed by atoms with Crippen LogP contribution >= 0.6 is 0 Å². The lowest BCUT2D eigenvalue weighted by molar-refractivity contribution is -0.119. The fourth-order valence-corrected chi connectivity index (χ4v) is 4.79. The molecular weight excluding hydrogens is 470 g/mol. The Kier molecular flexibility index (Phi) is 6.48. The van der Waals surface area contributed by atoms with Crippen LogP contribution in [-0.4, -0.2) is 34.3 Å². The molecule has 8 nitrogen and oxygen atoms in total. The zero-order valence-electron chi connectivity index (χ0n) is 21.3. The molecule has 0 aliphatic carbocycles. The SMILES string of the molecule is CCOC(=O)c1c(C)n(Cc2ccco2)c2c1cc(OCC(=O)Nn1c(C)ccc1C)c1ccccc12. The second-order valence-corrected chi connectivity index (χ2v) is 8.94. The molecule has 37 heavy (non-hydrogen) atoms. The van der Waals surface area contributed by atoms with Gasteiger partial charge in [0.05, 0.1) is 30.5 Å². The molecule has 0 saturated carbocycles. The fourth-order valence-electron chi connectivity index (χ4n) is 4.79. The van der Waals surface area contributed by atoms with Crippen molar-refractivity contribution in [3.63, 3.8) is 0 Å². The average molecular weight is 500 g/mol. The molecule has 0 fully saturated rings. The first-order valence-electron chi connectivity index (χ1n) is 12.2. The minimum absolute atomic E-state index is 0.187. The van der Waals surface area contributed by atoms with Gasteiger partial charge in [0.25, 0.3) is 5.91 Å². The van der Waals surface area contributed by atoms with Gasteiger partial charge in [0.1, 0.15) is 11.5 Å². The largest absolute Gasteiger partial charge is 0.483 e.